The first-order valence-electron chi connectivity index (χ1n) is 25.5. The van der Waals surface area contributed by atoms with E-state index in [1.54, 1.807) is 17.4 Å². The maximum absolute atomic E-state index is 11.8. The molecule has 0 fully saturated rings. The average Bonchev–Trinajstić information content (AvgIpc) is 4.21. The number of carboxylic acid groups (broad SMARTS) is 1. The third-order valence-corrected chi connectivity index (χ3v) is 20.3. The van der Waals surface area contributed by atoms with Crippen molar-refractivity contribution >= 4 is 66.3 Å². The van der Waals surface area contributed by atoms with Crippen LogP contribution in [0.4, 0.5) is 17.1 Å². The molecule has 5 aromatic carbocycles. The van der Waals surface area contributed by atoms with Crippen LogP contribution >= 0.6 is 22.7 Å². The van der Waals surface area contributed by atoms with Crippen molar-refractivity contribution in [3.63, 3.8) is 0 Å². The van der Waals surface area contributed by atoms with Crippen molar-refractivity contribution in [2.24, 2.45) is 0 Å². The van der Waals surface area contributed by atoms with Gasteiger partial charge in [-0.2, -0.15) is 0 Å². The Balaban J connectivity index is 1.02. The Morgan fingerprint density at radius 1 is 0.592 bits per heavy atom. The number of nitrogens with zero attached hydrogens (tertiary/aromatic N) is 2. The van der Waals surface area contributed by atoms with E-state index < -0.39 is 5.97 Å². The predicted molar refractivity (Wildman–Crippen MR) is 302 cm³/mol. The van der Waals surface area contributed by atoms with Crippen molar-refractivity contribution in [3.05, 3.63) is 177 Å². The zero-order valence-corrected chi connectivity index (χ0v) is 45.2. The summed E-state index contributed by atoms with van der Waals surface area (Å²) in [5, 5.41) is 19.2. The summed E-state index contributed by atoms with van der Waals surface area (Å²) in [4.78, 5) is 19.0. The molecule has 3 heterocycles. The van der Waals surface area contributed by atoms with Crippen molar-refractivity contribution in [2.75, 3.05) is 4.90 Å². The van der Waals surface area contributed by atoms with Gasteiger partial charge in [0, 0.05) is 10.8 Å². The van der Waals surface area contributed by atoms with E-state index in [1.165, 1.54) is 130 Å². The summed E-state index contributed by atoms with van der Waals surface area (Å²) in [7, 11) is 0. The van der Waals surface area contributed by atoms with Gasteiger partial charge in [0.2, 0.25) is 0 Å². The first kappa shape index (κ1) is 48.6. The second-order valence-electron chi connectivity index (χ2n) is 20.4. The zero-order valence-electron chi connectivity index (χ0n) is 41.8. The standard InChI is InChI=1S/C64H62N2O2S2Se/c1-7-9-11-13-19-42-35-48(36-44(40-65)62(67)68)69-60(42)58-33-34-59(71-58)61-43(20-14-12-10-8-2)37-57(70-61)41-25-27-45(28-26-41)66(46-29-31-51-49-21-15-17-23-53(49)63(3,4)55(51)38-46)47-30-32-52-50-22-16-18-24-54(50)64(5,6)56(52)39-47/h15-18,21-39H,7-14,19-20H2,1-6H3,(H,67,68)/b44-36-. The molecule has 7 heteroatoms. The molecule has 71 heavy (non-hydrogen) atoms. The van der Waals surface area contributed by atoms with E-state index >= 15 is 0 Å². The number of aliphatic carboxylic acids is 1. The van der Waals surface area contributed by atoms with Crippen molar-refractivity contribution in [1.82, 2.24) is 0 Å². The number of benzene rings is 5. The van der Waals surface area contributed by atoms with Gasteiger partial charge in [-0.1, -0.05) is 76.2 Å². The third kappa shape index (κ3) is 9.26. The number of hydrogen-bond donors (Lipinski definition) is 1. The van der Waals surface area contributed by atoms with Crippen molar-refractivity contribution < 1.29 is 9.90 Å². The van der Waals surface area contributed by atoms with Gasteiger partial charge in [-0.25, -0.2) is 0 Å². The van der Waals surface area contributed by atoms with E-state index in [0.717, 1.165) is 41.2 Å². The Morgan fingerprint density at radius 2 is 1.08 bits per heavy atom. The molecule has 10 rings (SSSR count). The van der Waals surface area contributed by atoms with Crippen LogP contribution < -0.4 is 4.90 Å². The molecule has 0 saturated heterocycles. The third-order valence-electron chi connectivity index (χ3n) is 15.0. The van der Waals surface area contributed by atoms with Crippen LogP contribution in [-0.2, 0) is 28.5 Å². The topological polar surface area (TPSA) is 64.3 Å². The maximum atomic E-state index is 11.8. The normalized spacial score (nSPS) is 13.9. The molecule has 2 aliphatic rings. The summed E-state index contributed by atoms with van der Waals surface area (Å²) < 4.78 is 2.75. The fourth-order valence-electron chi connectivity index (χ4n) is 11.1. The summed E-state index contributed by atoms with van der Waals surface area (Å²) >= 11 is 3.64. The van der Waals surface area contributed by atoms with Gasteiger partial charge in [0.15, 0.2) is 0 Å². The quantitative estimate of drug-likeness (QED) is 0.0403. The van der Waals surface area contributed by atoms with Crippen molar-refractivity contribution in [1.29, 1.82) is 5.26 Å². The van der Waals surface area contributed by atoms with Gasteiger partial charge >= 0.3 is 317 Å². The van der Waals surface area contributed by atoms with Gasteiger partial charge in [0.1, 0.15) is 0 Å². The Hall–Kier alpha value is -6.00. The number of carbonyl (C=O) groups is 1. The molecule has 0 aliphatic heterocycles. The summed E-state index contributed by atoms with van der Waals surface area (Å²) in [6, 6.07) is 52.4. The van der Waals surface area contributed by atoms with Crippen LogP contribution in [0.1, 0.15) is 131 Å². The molecule has 0 atom stereocenters. The molecule has 0 spiro atoms. The molecule has 0 amide bonds. The number of unbranched alkanes of at least 4 members (excludes halogenated alkanes) is 6. The fraction of sp³-hybridized carbons (Fsp3) is 0.281. The molecule has 1 N–H and O–H groups in total. The zero-order chi connectivity index (χ0) is 49.4. The van der Waals surface area contributed by atoms with Gasteiger partial charge in [-0.05, 0) is 33.4 Å². The molecule has 2 aliphatic carbocycles. The number of nitriles is 1. The van der Waals surface area contributed by atoms with Gasteiger partial charge in [-0.15, -0.1) is 0 Å². The number of anilines is 3. The molecule has 8 aromatic rings. The van der Waals surface area contributed by atoms with Gasteiger partial charge < -0.3 is 0 Å². The molecule has 0 saturated carbocycles. The van der Waals surface area contributed by atoms with Crippen LogP contribution in [0.3, 0.4) is 0 Å². The predicted octanol–water partition coefficient (Wildman–Crippen LogP) is 18.2. The first-order chi connectivity index (χ1) is 34.4. The van der Waals surface area contributed by atoms with Gasteiger partial charge in [-0.3, -0.25) is 0 Å². The van der Waals surface area contributed by atoms with E-state index in [4.69, 9.17) is 0 Å². The van der Waals surface area contributed by atoms with E-state index in [2.05, 4.69) is 180 Å². The monoisotopic (exact) mass is 1030 g/mol. The van der Waals surface area contributed by atoms with Crippen molar-refractivity contribution in [2.45, 2.75) is 117 Å². The summed E-state index contributed by atoms with van der Waals surface area (Å²) in [6.45, 7) is 14.0. The van der Waals surface area contributed by atoms with Crippen LogP contribution in [0.25, 0.3) is 57.4 Å². The Kier molecular flexibility index (Phi) is 13.9. The molecule has 0 bridgehead atoms. The second kappa shape index (κ2) is 20.2. The number of aryl methyl sites for hydroxylation is 2. The summed E-state index contributed by atoms with van der Waals surface area (Å²) in [5.74, 6) is -1.18. The number of fused-ring (bicyclic) bond motifs is 6. The number of hydrogen-bond acceptors (Lipinski definition) is 5. The molecule has 4 nitrogen and oxygen atoms in total. The number of carboxylic acids is 1. The summed E-state index contributed by atoms with van der Waals surface area (Å²) in [6.07, 6.45) is 13.1. The molecule has 358 valence electrons. The molecule has 3 aromatic heterocycles. The summed E-state index contributed by atoms with van der Waals surface area (Å²) in [5.41, 5.74) is 17.7. The Morgan fingerprint density at radius 3 is 1.61 bits per heavy atom. The SMILES string of the molecule is CCCCCCc1cc(/C=C(/C#N)C(=O)O)sc1-c1ccc(-c2sc(-c3ccc(N(c4ccc5c(c4)C(C)(C)c4ccccc4-5)c4ccc5c(c4)C(C)(C)c4ccccc4-5)cc3)cc2CCCCCC)[se]1. The minimum atomic E-state index is -1.18. The van der Waals surface area contributed by atoms with Crippen LogP contribution in [0.15, 0.2) is 139 Å². The Labute approximate surface area is 434 Å². The molecular formula is C64H62N2O2S2Se. The molecular weight excluding hydrogens is 972 g/mol. The van der Waals surface area contributed by atoms with Crippen LogP contribution in [0.2, 0.25) is 0 Å². The van der Waals surface area contributed by atoms with E-state index in [-0.39, 0.29) is 30.9 Å². The minimum absolute atomic E-state index is 0.0805. The second-order valence-corrected chi connectivity index (χ2v) is 24.8. The average molecular weight is 1030 g/mol. The van der Waals surface area contributed by atoms with Crippen LogP contribution in [0, 0.1) is 11.3 Å². The number of thiophene rings is 2. The van der Waals surface area contributed by atoms with Gasteiger partial charge in [0.25, 0.3) is 0 Å². The van der Waals surface area contributed by atoms with E-state index in [0.29, 0.717) is 0 Å². The first-order valence-corrected chi connectivity index (χ1v) is 28.9. The molecule has 0 radical (unpaired) electrons. The van der Waals surface area contributed by atoms with Crippen LogP contribution in [0.5, 0.6) is 0 Å². The van der Waals surface area contributed by atoms with E-state index in [1.807, 2.05) is 17.4 Å². The fourth-order valence-corrected chi connectivity index (χ4v) is 16.3. The van der Waals surface area contributed by atoms with Crippen LogP contribution in [-0.4, -0.2) is 25.6 Å². The Bertz CT molecular complexity index is 3250. The van der Waals surface area contributed by atoms with Gasteiger partial charge in [0.05, 0.1) is 0 Å². The number of rotatable bonds is 18. The van der Waals surface area contributed by atoms with E-state index in [9.17, 15) is 15.2 Å². The van der Waals surface area contributed by atoms with Crippen molar-refractivity contribution in [3.8, 4) is 57.4 Å². The molecule has 0 unspecified atom stereocenters.